The van der Waals surface area contributed by atoms with Gasteiger partial charge in [0.2, 0.25) is 0 Å². The zero-order valence-electron chi connectivity index (χ0n) is 12.3. The van der Waals surface area contributed by atoms with Gasteiger partial charge in [0, 0.05) is 4.88 Å². The van der Waals surface area contributed by atoms with Gasteiger partial charge in [-0.05, 0) is 61.9 Å². The van der Waals surface area contributed by atoms with Gasteiger partial charge >= 0.3 is 0 Å². The van der Waals surface area contributed by atoms with Crippen LogP contribution in [0.15, 0.2) is 29.6 Å². The van der Waals surface area contributed by atoms with Gasteiger partial charge in [0.15, 0.2) is 0 Å². The fraction of sp³-hybridized carbons (Fsp3) is 0.412. The normalized spacial score (nSPS) is 12.6. The predicted octanol–water partition coefficient (Wildman–Crippen LogP) is 4.76. The Morgan fingerprint density at radius 3 is 2.53 bits per heavy atom. The zero-order chi connectivity index (χ0) is 13.8. The molecule has 1 heterocycles. The van der Waals surface area contributed by atoms with E-state index in [-0.39, 0.29) is 0 Å². The Balaban J connectivity index is 2.36. The van der Waals surface area contributed by atoms with Gasteiger partial charge in [0.25, 0.3) is 0 Å². The number of rotatable bonds is 5. The molecule has 0 bridgehead atoms. The number of nitrogens with one attached hydrogen (secondary N) is 1. The molecule has 1 aromatic carbocycles. The van der Waals surface area contributed by atoms with Gasteiger partial charge in [0.1, 0.15) is 0 Å². The Hall–Kier alpha value is -1.12. The molecule has 0 aliphatic heterocycles. The molecule has 0 aliphatic rings. The summed E-state index contributed by atoms with van der Waals surface area (Å²) in [6.07, 6.45) is 1.16. The van der Waals surface area contributed by atoms with Crippen molar-refractivity contribution in [1.82, 2.24) is 5.32 Å². The Kier molecular flexibility index (Phi) is 4.78. The number of hydrogen-bond acceptors (Lipinski definition) is 2. The summed E-state index contributed by atoms with van der Waals surface area (Å²) in [7, 11) is 0. The third kappa shape index (κ3) is 3.46. The summed E-state index contributed by atoms with van der Waals surface area (Å²) in [5, 5.41) is 5.96. The molecule has 0 amide bonds. The van der Waals surface area contributed by atoms with Crippen LogP contribution in [0.2, 0.25) is 0 Å². The second kappa shape index (κ2) is 6.36. The SMILES string of the molecule is CCCNC(c1csc(C)c1)c1ccc(C)cc1C. The standard InChI is InChI=1S/C17H23NS/c1-5-8-18-17(15-10-14(4)19-11-15)16-7-6-12(2)9-13(16)3/h6-7,9-11,17-18H,5,8H2,1-4H3. The van der Waals surface area contributed by atoms with Gasteiger partial charge < -0.3 is 5.32 Å². The molecule has 0 aliphatic carbocycles. The van der Waals surface area contributed by atoms with Crippen molar-refractivity contribution in [1.29, 1.82) is 0 Å². The third-order valence-corrected chi connectivity index (χ3v) is 4.30. The maximum absolute atomic E-state index is 3.68. The summed E-state index contributed by atoms with van der Waals surface area (Å²) >= 11 is 1.83. The quantitative estimate of drug-likeness (QED) is 0.828. The minimum atomic E-state index is 0.325. The zero-order valence-corrected chi connectivity index (χ0v) is 13.1. The highest BCUT2D eigenvalue weighted by molar-refractivity contribution is 7.10. The summed E-state index contributed by atoms with van der Waals surface area (Å²) in [4.78, 5) is 1.38. The van der Waals surface area contributed by atoms with Crippen molar-refractivity contribution in [3.8, 4) is 0 Å². The number of aryl methyl sites for hydroxylation is 3. The molecule has 2 aromatic rings. The van der Waals surface area contributed by atoms with E-state index in [1.807, 2.05) is 11.3 Å². The first-order valence-electron chi connectivity index (χ1n) is 6.97. The monoisotopic (exact) mass is 273 g/mol. The first-order chi connectivity index (χ1) is 9.11. The second-order valence-electron chi connectivity index (χ2n) is 5.24. The van der Waals surface area contributed by atoms with Crippen LogP contribution in [-0.4, -0.2) is 6.54 Å². The van der Waals surface area contributed by atoms with Crippen molar-refractivity contribution in [2.45, 2.75) is 40.2 Å². The predicted molar refractivity (Wildman–Crippen MR) is 85.1 cm³/mol. The minimum Gasteiger partial charge on any atom is -0.306 e. The molecule has 2 heteroatoms. The molecule has 0 fully saturated rings. The summed E-state index contributed by atoms with van der Waals surface area (Å²) in [6, 6.07) is 9.38. The van der Waals surface area contributed by atoms with E-state index in [4.69, 9.17) is 0 Å². The smallest absolute Gasteiger partial charge is 0.0587 e. The van der Waals surface area contributed by atoms with Crippen LogP contribution in [0.1, 0.15) is 46.5 Å². The molecule has 0 radical (unpaired) electrons. The van der Waals surface area contributed by atoms with Gasteiger partial charge in [-0.2, -0.15) is 0 Å². The molecule has 1 atom stereocenters. The Bertz CT molecular complexity index is 542. The lowest BCUT2D eigenvalue weighted by atomic mass is 9.95. The van der Waals surface area contributed by atoms with Crippen molar-refractivity contribution in [2.24, 2.45) is 0 Å². The fourth-order valence-corrected chi connectivity index (χ4v) is 3.19. The highest BCUT2D eigenvalue weighted by atomic mass is 32.1. The molecule has 0 saturated carbocycles. The minimum absolute atomic E-state index is 0.325. The molecular formula is C17H23NS. The third-order valence-electron chi connectivity index (χ3n) is 3.42. The summed E-state index contributed by atoms with van der Waals surface area (Å²) in [5.41, 5.74) is 5.49. The summed E-state index contributed by atoms with van der Waals surface area (Å²) < 4.78 is 0. The van der Waals surface area contributed by atoms with Crippen LogP contribution in [-0.2, 0) is 0 Å². The molecule has 19 heavy (non-hydrogen) atoms. The molecule has 1 unspecified atom stereocenters. The Labute approximate surface area is 120 Å². The van der Waals surface area contributed by atoms with Crippen LogP contribution in [0, 0.1) is 20.8 Å². The van der Waals surface area contributed by atoms with Crippen molar-refractivity contribution < 1.29 is 0 Å². The molecular weight excluding hydrogens is 250 g/mol. The Morgan fingerprint density at radius 1 is 1.16 bits per heavy atom. The van der Waals surface area contributed by atoms with E-state index in [1.165, 1.54) is 27.1 Å². The topological polar surface area (TPSA) is 12.0 Å². The van der Waals surface area contributed by atoms with E-state index in [0.29, 0.717) is 6.04 Å². The molecule has 0 spiro atoms. The van der Waals surface area contributed by atoms with Gasteiger partial charge in [-0.15, -0.1) is 11.3 Å². The van der Waals surface area contributed by atoms with Crippen molar-refractivity contribution >= 4 is 11.3 Å². The fourth-order valence-electron chi connectivity index (χ4n) is 2.46. The summed E-state index contributed by atoms with van der Waals surface area (Å²) in [6.45, 7) is 9.80. The highest BCUT2D eigenvalue weighted by Gasteiger charge is 2.16. The van der Waals surface area contributed by atoms with Crippen LogP contribution in [0.3, 0.4) is 0 Å². The first kappa shape index (κ1) is 14.3. The Morgan fingerprint density at radius 2 is 1.95 bits per heavy atom. The largest absolute Gasteiger partial charge is 0.306 e. The van der Waals surface area contributed by atoms with Crippen LogP contribution >= 0.6 is 11.3 Å². The molecule has 1 nitrogen and oxygen atoms in total. The molecule has 1 N–H and O–H groups in total. The van der Waals surface area contributed by atoms with Crippen LogP contribution in [0.4, 0.5) is 0 Å². The van der Waals surface area contributed by atoms with Crippen molar-refractivity contribution in [3.05, 3.63) is 56.8 Å². The van der Waals surface area contributed by atoms with Crippen molar-refractivity contribution in [3.63, 3.8) is 0 Å². The van der Waals surface area contributed by atoms with E-state index in [0.717, 1.165) is 13.0 Å². The van der Waals surface area contributed by atoms with E-state index < -0.39 is 0 Å². The van der Waals surface area contributed by atoms with Crippen LogP contribution in [0.25, 0.3) is 0 Å². The highest BCUT2D eigenvalue weighted by Crippen LogP contribution is 2.28. The van der Waals surface area contributed by atoms with Crippen molar-refractivity contribution in [2.75, 3.05) is 6.54 Å². The summed E-state index contributed by atoms with van der Waals surface area (Å²) in [5.74, 6) is 0. The number of thiophene rings is 1. The van der Waals surface area contributed by atoms with Gasteiger partial charge in [-0.25, -0.2) is 0 Å². The van der Waals surface area contributed by atoms with Gasteiger partial charge in [-0.1, -0.05) is 30.7 Å². The van der Waals surface area contributed by atoms with Crippen LogP contribution in [0.5, 0.6) is 0 Å². The van der Waals surface area contributed by atoms with E-state index >= 15 is 0 Å². The number of hydrogen-bond donors (Lipinski definition) is 1. The lowest BCUT2D eigenvalue weighted by molar-refractivity contribution is 0.597. The molecule has 102 valence electrons. The lowest BCUT2D eigenvalue weighted by Gasteiger charge is -2.20. The first-order valence-corrected chi connectivity index (χ1v) is 7.85. The second-order valence-corrected chi connectivity index (χ2v) is 6.35. The van der Waals surface area contributed by atoms with E-state index in [1.54, 1.807) is 0 Å². The maximum Gasteiger partial charge on any atom is 0.0587 e. The van der Waals surface area contributed by atoms with Gasteiger partial charge in [0.05, 0.1) is 6.04 Å². The molecule has 0 saturated heterocycles. The van der Waals surface area contributed by atoms with E-state index in [9.17, 15) is 0 Å². The molecule has 2 rings (SSSR count). The average molecular weight is 273 g/mol. The molecule has 1 aromatic heterocycles. The van der Waals surface area contributed by atoms with Crippen LogP contribution < -0.4 is 5.32 Å². The number of benzene rings is 1. The average Bonchev–Trinajstić information content (AvgIpc) is 2.78. The van der Waals surface area contributed by atoms with E-state index in [2.05, 4.69) is 62.7 Å². The maximum atomic E-state index is 3.68. The van der Waals surface area contributed by atoms with Gasteiger partial charge in [-0.3, -0.25) is 0 Å². The lowest BCUT2D eigenvalue weighted by Crippen LogP contribution is -2.23.